The third-order valence-electron chi connectivity index (χ3n) is 8.72. The third kappa shape index (κ3) is 4.26. The summed E-state index contributed by atoms with van der Waals surface area (Å²) in [5.74, 6) is 0. The van der Waals surface area contributed by atoms with Crippen molar-refractivity contribution in [1.29, 1.82) is 0 Å². The van der Waals surface area contributed by atoms with E-state index in [1.54, 1.807) is 0 Å². The first-order valence-corrected chi connectivity index (χ1v) is 15.7. The highest BCUT2D eigenvalue weighted by Gasteiger charge is 2.34. The van der Waals surface area contributed by atoms with Crippen molar-refractivity contribution >= 4 is 54.9 Å². The highest BCUT2D eigenvalue weighted by molar-refractivity contribution is 8.00. The first-order valence-electron chi connectivity index (χ1n) is 14.9. The van der Waals surface area contributed by atoms with Gasteiger partial charge in [0.25, 0.3) is 0 Å². The molecule has 0 fully saturated rings. The van der Waals surface area contributed by atoms with Crippen LogP contribution in [0.1, 0.15) is 58.2 Å². The summed E-state index contributed by atoms with van der Waals surface area (Å²) in [4.78, 5) is 2.84. The zero-order chi connectivity index (χ0) is 28.8. The molecule has 1 aliphatic heterocycles. The molecule has 5 aromatic carbocycles. The predicted molar refractivity (Wildman–Crippen MR) is 178 cm³/mol. The number of aromatic nitrogens is 1. The average Bonchev–Trinajstić information content (AvgIpc) is 2.90. The van der Waals surface area contributed by atoms with Gasteiger partial charge in [0.2, 0.25) is 5.69 Å². The first kappa shape index (κ1) is 26.5. The lowest BCUT2D eigenvalue weighted by Gasteiger charge is -2.29. The van der Waals surface area contributed by atoms with Crippen LogP contribution in [0.15, 0.2) is 82.7 Å². The van der Waals surface area contributed by atoms with Gasteiger partial charge in [-0.2, -0.15) is 0 Å². The molecule has 0 bridgehead atoms. The molecule has 2 heterocycles. The maximum Gasteiger partial charge on any atom is 0.222 e. The van der Waals surface area contributed by atoms with Gasteiger partial charge in [-0.05, 0) is 85.7 Å². The normalized spacial score (nSPS) is 13.5. The molecule has 0 N–H and O–H groups in total. The summed E-state index contributed by atoms with van der Waals surface area (Å²) in [5, 5.41) is 11.1. The Kier molecular flexibility index (Phi) is 5.87. The highest BCUT2D eigenvalue weighted by Crippen LogP contribution is 2.54. The van der Waals surface area contributed by atoms with Crippen molar-refractivity contribution < 1.29 is 4.57 Å². The lowest BCUT2D eigenvalue weighted by atomic mass is 9.81. The molecule has 0 radical (unpaired) electrons. The van der Waals surface area contributed by atoms with E-state index >= 15 is 0 Å². The number of rotatable bonds is 2. The zero-order valence-corrected chi connectivity index (χ0v) is 26.5. The molecular formula is C39H40NS+. The van der Waals surface area contributed by atoms with E-state index in [1.807, 2.05) is 11.8 Å². The van der Waals surface area contributed by atoms with Crippen LogP contribution >= 0.6 is 11.8 Å². The lowest BCUT2D eigenvalue weighted by molar-refractivity contribution is -0.659. The smallest absolute Gasteiger partial charge is 0.200 e. The van der Waals surface area contributed by atoms with Gasteiger partial charge in [0.15, 0.2) is 6.20 Å². The van der Waals surface area contributed by atoms with E-state index in [0.717, 1.165) is 12.8 Å². The Hall–Kier alpha value is -3.36. The maximum absolute atomic E-state index is 2.51. The predicted octanol–water partition coefficient (Wildman–Crippen LogP) is 10.7. The average molecular weight is 555 g/mol. The SMILES string of the molecule is Cc1c2c(c(CC(C)(C)C)c3c1ccc1ccccc13)Sc1cc3c(CC(C)(C)C)cccc3c3cc[n+](C)c-2c13. The topological polar surface area (TPSA) is 3.88 Å². The molecule has 0 spiro atoms. The molecule has 0 saturated heterocycles. The molecule has 7 rings (SSSR count). The molecule has 41 heavy (non-hydrogen) atoms. The van der Waals surface area contributed by atoms with Gasteiger partial charge >= 0.3 is 0 Å². The van der Waals surface area contributed by atoms with Crippen molar-refractivity contribution in [3.63, 3.8) is 0 Å². The van der Waals surface area contributed by atoms with Gasteiger partial charge in [-0.3, -0.25) is 0 Å². The monoisotopic (exact) mass is 554 g/mol. The molecular weight excluding hydrogens is 515 g/mol. The molecule has 0 amide bonds. The molecule has 0 unspecified atom stereocenters. The van der Waals surface area contributed by atoms with Crippen LogP contribution in [0.3, 0.4) is 0 Å². The number of nitrogens with zero attached hydrogens (tertiary/aromatic N) is 1. The van der Waals surface area contributed by atoms with Crippen molar-refractivity contribution in [3.8, 4) is 11.3 Å². The van der Waals surface area contributed by atoms with E-state index < -0.39 is 0 Å². The third-order valence-corrected chi connectivity index (χ3v) is 9.92. The number of benzene rings is 5. The number of aryl methyl sites for hydroxylation is 2. The van der Waals surface area contributed by atoms with Crippen LogP contribution in [0.25, 0.3) is 54.3 Å². The fourth-order valence-electron chi connectivity index (χ4n) is 7.14. The highest BCUT2D eigenvalue weighted by atomic mass is 32.2. The van der Waals surface area contributed by atoms with Gasteiger partial charge in [-0.15, -0.1) is 0 Å². The van der Waals surface area contributed by atoms with Gasteiger partial charge in [-0.25, -0.2) is 4.57 Å². The zero-order valence-electron chi connectivity index (χ0n) is 25.7. The Balaban J connectivity index is 1.65. The first-order chi connectivity index (χ1) is 19.4. The quantitative estimate of drug-likeness (QED) is 0.152. The number of pyridine rings is 1. The van der Waals surface area contributed by atoms with Crippen LogP contribution < -0.4 is 4.57 Å². The fourth-order valence-corrected chi connectivity index (χ4v) is 8.49. The van der Waals surface area contributed by atoms with Gasteiger partial charge in [0.1, 0.15) is 7.05 Å². The second-order valence-electron chi connectivity index (χ2n) is 14.5. The number of hydrogen-bond donors (Lipinski definition) is 0. The van der Waals surface area contributed by atoms with Crippen LogP contribution in [0, 0.1) is 17.8 Å². The van der Waals surface area contributed by atoms with E-state index in [-0.39, 0.29) is 10.8 Å². The largest absolute Gasteiger partial charge is 0.222 e. The lowest BCUT2D eigenvalue weighted by Crippen LogP contribution is -2.32. The van der Waals surface area contributed by atoms with Crippen molar-refractivity contribution in [2.45, 2.75) is 71.1 Å². The summed E-state index contributed by atoms with van der Waals surface area (Å²) >= 11 is 2.02. The molecule has 2 heteroatoms. The molecule has 0 atom stereocenters. The standard InChI is InChI=1S/C39H40NS/c1-23-26-17-16-24-12-9-10-14-27(24)34(26)31(22-39(5,6)7)37-33(23)36-35-29(18-19-40(36)8)28-15-11-13-25(21-38(2,3)4)30(28)20-32(35)41-37/h9-20H,21-22H2,1-8H3/q+1. The molecule has 0 aliphatic carbocycles. The van der Waals surface area contributed by atoms with Crippen molar-refractivity contribution in [3.05, 3.63) is 89.6 Å². The molecule has 206 valence electrons. The van der Waals surface area contributed by atoms with E-state index in [9.17, 15) is 0 Å². The van der Waals surface area contributed by atoms with Crippen LogP contribution in [0.5, 0.6) is 0 Å². The number of fused-ring (bicyclic) bond motifs is 7. The van der Waals surface area contributed by atoms with E-state index in [4.69, 9.17) is 0 Å². The Morgan fingerprint density at radius 1 is 0.683 bits per heavy atom. The summed E-state index contributed by atoms with van der Waals surface area (Å²) in [6.07, 6.45) is 4.38. The summed E-state index contributed by atoms with van der Waals surface area (Å²) in [6.45, 7) is 16.5. The second-order valence-corrected chi connectivity index (χ2v) is 15.6. The van der Waals surface area contributed by atoms with Gasteiger partial charge in [0.05, 0.1) is 10.9 Å². The van der Waals surface area contributed by atoms with E-state index in [0.29, 0.717) is 0 Å². The van der Waals surface area contributed by atoms with Crippen molar-refractivity contribution in [1.82, 2.24) is 0 Å². The molecule has 0 saturated carbocycles. The summed E-state index contributed by atoms with van der Waals surface area (Å²) in [7, 11) is 2.23. The van der Waals surface area contributed by atoms with Gasteiger partial charge in [-0.1, -0.05) is 108 Å². The molecule has 1 aromatic heterocycles. The molecule has 1 nitrogen and oxygen atoms in total. The summed E-state index contributed by atoms with van der Waals surface area (Å²) < 4.78 is 2.37. The van der Waals surface area contributed by atoms with Crippen LogP contribution in [0.2, 0.25) is 0 Å². The second kappa shape index (κ2) is 9.07. The maximum atomic E-state index is 2.51. The minimum Gasteiger partial charge on any atom is -0.200 e. The molecule has 6 aromatic rings. The Labute approximate surface area is 248 Å². The van der Waals surface area contributed by atoms with Crippen LogP contribution in [0.4, 0.5) is 0 Å². The fraction of sp³-hybridized carbons (Fsp3) is 0.308. The van der Waals surface area contributed by atoms with Crippen LogP contribution in [-0.2, 0) is 19.9 Å². The van der Waals surface area contributed by atoms with Crippen molar-refractivity contribution in [2.24, 2.45) is 17.9 Å². The van der Waals surface area contributed by atoms with E-state index in [2.05, 4.69) is 133 Å². The summed E-state index contributed by atoms with van der Waals surface area (Å²) in [6, 6.07) is 25.4. The minimum atomic E-state index is 0.158. The Bertz CT molecular complexity index is 2050. The number of hydrogen-bond acceptors (Lipinski definition) is 1. The van der Waals surface area contributed by atoms with E-state index in [1.165, 1.54) is 80.8 Å². The Morgan fingerprint density at radius 2 is 1.41 bits per heavy atom. The molecule has 1 aliphatic rings. The van der Waals surface area contributed by atoms with Crippen LogP contribution in [-0.4, -0.2) is 0 Å². The van der Waals surface area contributed by atoms with Crippen molar-refractivity contribution in [2.75, 3.05) is 0 Å². The Morgan fingerprint density at radius 3 is 2.17 bits per heavy atom. The van der Waals surface area contributed by atoms with Gasteiger partial charge < -0.3 is 0 Å². The minimum absolute atomic E-state index is 0.158. The summed E-state index contributed by atoms with van der Waals surface area (Å²) in [5.41, 5.74) is 7.50. The van der Waals surface area contributed by atoms with Gasteiger partial charge in [0, 0.05) is 21.2 Å².